The second-order valence-electron chi connectivity index (χ2n) is 7.15. The molecule has 0 aliphatic heterocycles. The average Bonchev–Trinajstić information content (AvgIpc) is 3.14. The predicted octanol–water partition coefficient (Wildman–Crippen LogP) is 3.46. The summed E-state index contributed by atoms with van der Waals surface area (Å²) in [7, 11) is -3.34. The maximum Gasteiger partial charge on any atom is 0.278 e. The van der Waals surface area contributed by atoms with E-state index in [4.69, 9.17) is 0 Å². The molecule has 160 valence electrons. The van der Waals surface area contributed by atoms with E-state index < -0.39 is 15.7 Å². The highest BCUT2D eigenvalue weighted by Gasteiger charge is 2.18. The molecule has 0 spiro atoms. The van der Waals surface area contributed by atoms with E-state index in [-0.39, 0.29) is 16.1 Å². The standard InChI is InChI=1S/C21H20N4O4S2/c1-3-4-11-25-20(27)15-8-6-5-7-14(15)18(24-25)19(26)23-21-22-16-10-9-13(31(2,28)29)12-17(16)30-21/h5-10,12H,3-4,11H2,1-2H3,(H,22,23,26). The summed E-state index contributed by atoms with van der Waals surface area (Å²) in [6.07, 6.45) is 2.80. The van der Waals surface area contributed by atoms with E-state index >= 15 is 0 Å². The molecule has 4 aromatic rings. The van der Waals surface area contributed by atoms with Gasteiger partial charge in [-0.1, -0.05) is 42.9 Å². The first kappa shape index (κ1) is 21.1. The molecular formula is C21H20N4O4S2. The number of aryl methyl sites for hydroxylation is 1. The number of anilines is 1. The Morgan fingerprint density at radius 3 is 2.61 bits per heavy atom. The molecule has 0 atom stereocenters. The summed E-state index contributed by atoms with van der Waals surface area (Å²) in [6, 6.07) is 11.5. The molecule has 0 unspecified atom stereocenters. The molecule has 0 bridgehead atoms. The third kappa shape index (κ3) is 4.21. The van der Waals surface area contributed by atoms with Crippen LogP contribution in [-0.4, -0.2) is 35.3 Å². The zero-order chi connectivity index (χ0) is 22.2. The van der Waals surface area contributed by atoms with Crippen LogP contribution in [0.3, 0.4) is 0 Å². The lowest BCUT2D eigenvalue weighted by Crippen LogP contribution is -2.27. The predicted molar refractivity (Wildman–Crippen MR) is 122 cm³/mol. The Balaban J connectivity index is 1.73. The van der Waals surface area contributed by atoms with Gasteiger partial charge in [-0.25, -0.2) is 18.1 Å². The highest BCUT2D eigenvalue weighted by Crippen LogP contribution is 2.28. The number of thiazole rings is 1. The van der Waals surface area contributed by atoms with Crippen molar-refractivity contribution in [1.82, 2.24) is 14.8 Å². The highest BCUT2D eigenvalue weighted by atomic mass is 32.2. The smallest absolute Gasteiger partial charge is 0.278 e. The van der Waals surface area contributed by atoms with E-state index in [1.807, 2.05) is 6.92 Å². The van der Waals surface area contributed by atoms with Crippen molar-refractivity contribution in [3.8, 4) is 0 Å². The molecule has 2 aromatic carbocycles. The number of hydrogen-bond donors (Lipinski definition) is 1. The van der Waals surface area contributed by atoms with E-state index in [1.54, 1.807) is 30.3 Å². The van der Waals surface area contributed by atoms with Crippen LogP contribution in [0.5, 0.6) is 0 Å². The van der Waals surface area contributed by atoms with Crippen molar-refractivity contribution < 1.29 is 13.2 Å². The number of unbranched alkanes of at least 4 members (excludes halogenated alkanes) is 1. The van der Waals surface area contributed by atoms with Gasteiger partial charge in [-0.15, -0.1) is 0 Å². The summed E-state index contributed by atoms with van der Waals surface area (Å²) in [5.41, 5.74) is 0.495. The van der Waals surface area contributed by atoms with E-state index in [0.29, 0.717) is 32.7 Å². The Morgan fingerprint density at radius 2 is 1.90 bits per heavy atom. The SMILES string of the molecule is CCCCn1nc(C(=O)Nc2nc3ccc(S(C)(=O)=O)cc3s2)c2ccccc2c1=O. The van der Waals surface area contributed by atoms with Crippen LogP contribution >= 0.6 is 11.3 Å². The number of aromatic nitrogens is 3. The van der Waals surface area contributed by atoms with Crippen LogP contribution in [0.2, 0.25) is 0 Å². The van der Waals surface area contributed by atoms with Crippen molar-refractivity contribution in [2.75, 3.05) is 11.6 Å². The molecule has 1 amide bonds. The number of nitrogens with one attached hydrogen (secondary N) is 1. The van der Waals surface area contributed by atoms with Gasteiger partial charge in [-0.05, 0) is 30.7 Å². The number of carbonyl (C=O) groups is 1. The van der Waals surface area contributed by atoms with Gasteiger partial charge in [0.15, 0.2) is 20.7 Å². The fraction of sp³-hybridized carbons (Fsp3) is 0.238. The highest BCUT2D eigenvalue weighted by molar-refractivity contribution is 7.90. The first-order chi connectivity index (χ1) is 14.8. The van der Waals surface area contributed by atoms with Gasteiger partial charge in [0.2, 0.25) is 0 Å². The minimum absolute atomic E-state index is 0.141. The molecule has 31 heavy (non-hydrogen) atoms. The zero-order valence-corrected chi connectivity index (χ0v) is 18.6. The van der Waals surface area contributed by atoms with Gasteiger partial charge in [0, 0.05) is 18.2 Å². The van der Waals surface area contributed by atoms with Crippen LogP contribution in [-0.2, 0) is 16.4 Å². The fourth-order valence-corrected chi connectivity index (χ4v) is 4.83. The number of nitrogens with zero attached hydrogens (tertiary/aromatic N) is 3. The number of hydrogen-bond acceptors (Lipinski definition) is 7. The average molecular weight is 457 g/mol. The fourth-order valence-electron chi connectivity index (χ4n) is 3.21. The van der Waals surface area contributed by atoms with Crippen molar-refractivity contribution in [3.63, 3.8) is 0 Å². The summed E-state index contributed by atoms with van der Waals surface area (Å²) in [4.78, 5) is 30.3. The zero-order valence-electron chi connectivity index (χ0n) is 17.0. The number of fused-ring (bicyclic) bond motifs is 2. The summed E-state index contributed by atoms with van der Waals surface area (Å²) in [5, 5.41) is 8.29. The molecule has 4 rings (SSSR count). The third-order valence-electron chi connectivity index (χ3n) is 4.81. The Labute approximate surface area is 182 Å². The first-order valence-electron chi connectivity index (χ1n) is 9.70. The molecule has 0 aliphatic rings. The number of carbonyl (C=O) groups excluding carboxylic acids is 1. The molecule has 0 saturated carbocycles. The molecule has 0 saturated heterocycles. The number of sulfone groups is 1. The Bertz CT molecular complexity index is 1470. The molecule has 2 heterocycles. The van der Waals surface area contributed by atoms with Crippen LogP contribution in [0.15, 0.2) is 52.2 Å². The van der Waals surface area contributed by atoms with Gasteiger partial charge in [0.1, 0.15) is 0 Å². The molecule has 0 fully saturated rings. The molecule has 10 heteroatoms. The second kappa shape index (κ2) is 8.20. The van der Waals surface area contributed by atoms with E-state index in [0.717, 1.165) is 19.1 Å². The summed E-state index contributed by atoms with van der Waals surface area (Å²) in [5.74, 6) is -0.483. The normalized spacial score (nSPS) is 11.8. The van der Waals surface area contributed by atoms with Gasteiger partial charge in [0.25, 0.3) is 11.5 Å². The van der Waals surface area contributed by atoms with Gasteiger partial charge < -0.3 is 0 Å². The van der Waals surface area contributed by atoms with Gasteiger partial charge >= 0.3 is 0 Å². The summed E-state index contributed by atoms with van der Waals surface area (Å²) < 4.78 is 25.5. The second-order valence-corrected chi connectivity index (χ2v) is 10.2. The minimum atomic E-state index is -3.34. The maximum atomic E-state index is 13.1. The lowest BCUT2D eigenvalue weighted by molar-refractivity contribution is 0.102. The summed E-state index contributed by atoms with van der Waals surface area (Å²) >= 11 is 1.17. The monoisotopic (exact) mass is 456 g/mol. The van der Waals surface area contributed by atoms with E-state index in [2.05, 4.69) is 15.4 Å². The molecule has 2 aromatic heterocycles. The van der Waals surface area contributed by atoms with Crippen LogP contribution in [0.4, 0.5) is 5.13 Å². The third-order valence-corrected chi connectivity index (χ3v) is 6.86. The lowest BCUT2D eigenvalue weighted by atomic mass is 10.1. The topological polar surface area (TPSA) is 111 Å². The van der Waals surface area contributed by atoms with Crippen LogP contribution in [0.1, 0.15) is 30.3 Å². The van der Waals surface area contributed by atoms with E-state index in [9.17, 15) is 18.0 Å². The van der Waals surface area contributed by atoms with E-state index in [1.165, 1.54) is 28.2 Å². The number of benzene rings is 2. The molecule has 1 N–H and O–H groups in total. The maximum absolute atomic E-state index is 13.1. The van der Waals surface area contributed by atoms with Crippen molar-refractivity contribution in [2.45, 2.75) is 31.2 Å². The Hall–Kier alpha value is -3.11. The van der Waals surface area contributed by atoms with Gasteiger partial charge in [0.05, 0.1) is 20.5 Å². The Kier molecular flexibility index (Phi) is 5.59. The molecule has 0 radical (unpaired) electrons. The molecule has 0 aliphatic carbocycles. The molecule has 8 nitrogen and oxygen atoms in total. The minimum Gasteiger partial charge on any atom is -0.296 e. The van der Waals surface area contributed by atoms with Crippen LogP contribution < -0.4 is 10.9 Å². The summed E-state index contributed by atoms with van der Waals surface area (Å²) in [6.45, 7) is 2.44. The number of rotatable bonds is 6. The van der Waals surface area contributed by atoms with Gasteiger partial charge in [-0.3, -0.25) is 14.9 Å². The van der Waals surface area contributed by atoms with Crippen molar-refractivity contribution in [2.24, 2.45) is 0 Å². The quantitative estimate of drug-likeness (QED) is 0.476. The van der Waals surface area contributed by atoms with Crippen molar-refractivity contribution in [3.05, 3.63) is 58.5 Å². The number of amides is 1. The molecular weight excluding hydrogens is 436 g/mol. The van der Waals surface area contributed by atoms with Crippen LogP contribution in [0.25, 0.3) is 21.0 Å². The first-order valence-corrected chi connectivity index (χ1v) is 12.4. The van der Waals surface area contributed by atoms with Crippen molar-refractivity contribution in [1.29, 1.82) is 0 Å². The lowest BCUT2D eigenvalue weighted by Gasteiger charge is -2.10. The van der Waals surface area contributed by atoms with Crippen LogP contribution in [0, 0.1) is 0 Å². The largest absolute Gasteiger partial charge is 0.296 e. The van der Waals surface area contributed by atoms with Crippen molar-refractivity contribution >= 4 is 53.2 Å². The Morgan fingerprint density at radius 1 is 1.16 bits per heavy atom. The van der Waals surface area contributed by atoms with Gasteiger partial charge in [-0.2, -0.15) is 5.10 Å².